The second-order valence-corrected chi connectivity index (χ2v) is 7.10. The molecular formula is C18H10F6N6S. The second-order valence-electron chi connectivity index (χ2n) is 6.06. The molecule has 31 heavy (non-hydrogen) atoms. The van der Waals surface area contributed by atoms with E-state index in [1.165, 1.54) is 12.1 Å². The first-order valence-corrected chi connectivity index (χ1v) is 9.30. The Morgan fingerprint density at radius 1 is 0.613 bits per heavy atom. The predicted molar refractivity (Wildman–Crippen MR) is 96.8 cm³/mol. The van der Waals surface area contributed by atoms with Gasteiger partial charge in [0.1, 0.15) is 10.1 Å². The van der Waals surface area contributed by atoms with E-state index in [2.05, 4.69) is 20.2 Å². The molecule has 4 rings (SSSR count). The van der Waals surface area contributed by atoms with Crippen LogP contribution in [-0.4, -0.2) is 29.5 Å². The Hall–Kier alpha value is -3.35. The third-order valence-electron chi connectivity index (χ3n) is 3.86. The van der Waals surface area contributed by atoms with E-state index in [1.54, 1.807) is 24.3 Å². The molecule has 0 aromatic carbocycles. The molecule has 0 atom stereocenters. The van der Waals surface area contributed by atoms with Crippen LogP contribution in [0.3, 0.4) is 0 Å². The first kappa shape index (κ1) is 20.9. The molecule has 0 fully saturated rings. The zero-order chi connectivity index (χ0) is 22.2. The highest BCUT2D eigenvalue weighted by Gasteiger charge is 2.34. The summed E-state index contributed by atoms with van der Waals surface area (Å²) in [6, 6.07) is 11.1. The predicted octanol–water partition coefficient (Wildman–Crippen LogP) is 5.04. The van der Waals surface area contributed by atoms with Crippen molar-refractivity contribution < 1.29 is 26.3 Å². The van der Waals surface area contributed by atoms with Gasteiger partial charge in [-0.3, -0.25) is 0 Å². The molecular weight excluding hydrogens is 446 g/mol. The molecule has 4 aromatic rings. The first-order valence-electron chi connectivity index (χ1n) is 8.48. The summed E-state index contributed by atoms with van der Waals surface area (Å²) in [6.45, 7) is 0. The molecule has 0 aliphatic heterocycles. The molecule has 13 heteroatoms. The standard InChI is InChI=1S/C18H10F6N6S/c19-17(20,21)11-7-9-29(27-11)13-3-1-5-15(25-13)31-16-6-2-4-14(26-16)30-10-8-12(28-30)18(22,23)24/h1-10H. The Labute approximate surface area is 174 Å². The highest BCUT2D eigenvalue weighted by molar-refractivity contribution is 7.99. The summed E-state index contributed by atoms with van der Waals surface area (Å²) in [5, 5.41) is 7.76. The molecule has 4 aromatic heterocycles. The van der Waals surface area contributed by atoms with Gasteiger partial charge in [0.2, 0.25) is 0 Å². The number of pyridine rings is 2. The average molecular weight is 456 g/mol. The van der Waals surface area contributed by atoms with E-state index in [4.69, 9.17) is 0 Å². The molecule has 0 unspecified atom stereocenters. The summed E-state index contributed by atoms with van der Waals surface area (Å²) in [6.07, 6.45) is -6.84. The van der Waals surface area contributed by atoms with E-state index in [-0.39, 0.29) is 11.6 Å². The minimum absolute atomic E-state index is 0.165. The van der Waals surface area contributed by atoms with Crippen LogP contribution in [0.4, 0.5) is 26.3 Å². The Kier molecular flexibility index (Phi) is 5.21. The van der Waals surface area contributed by atoms with Crippen molar-refractivity contribution in [2.45, 2.75) is 22.4 Å². The van der Waals surface area contributed by atoms with Gasteiger partial charge in [-0.2, -0.15) is 36.5 Å². The zero-order valence-electron chi connectivity index (χ0n) is 15.1. The molecule has 4 heterocycles. The van der Waals surface area contributed by atoms with E-state index in [9.17, 15) is 26.3 Å². The van der Waals surface area contributed by atoms with Gasteiger partial charge >= 0.3 is 12.4 Å². The lowest BCUT2D eigenvalue weighted by atomic mass is 10.4. The maximum absolute atomic E-state index is 12.8. The molecule has 0 saturated heterocycles. The van der Waals surface area contributed by atoms with Gasteiger partial charge in [-0.05, 0) is 48.2 Å². The monoisotopic (exact) mass is 456 g/mol. The topological polar surface area (TPSA) is 61.4 Å². The fourth-order valence-corrected chi connectivity index (χ4v) is 3.28. The number of halogens is 6. The van der Waals surface area contributed by atoms with Crippen molar-refractivity contribution in [2.75, 3.05) is 0 Å². The van der Waals surface area contributed by atoms with Gasteiger partial charge in [-0.15, -0.1) is 0 Å². The summed E-state index contributed by atoms with van der Waals surface area (Å²) >= 11 is 1.08. The van der Waals surface area contributed by atoms with Gasteiger partial charge in [0.15, 0.2) is 23.0 Å². The summed E-state index contributed by atoms with van der Waals surface area (Å²) in [4.78, 5) is 8.51. The number of aromatic nitrogens is 6. The van der Waals surface area contributed by atoms with E-state index in [0.717, 1.165) is 45.7 Å². The van der Waals surface area contributed by atoms with Crippen LogP contribution in [0.5, 0.6) is 0 Å². The van der Waals surface area contributed by atoms with Crippen molar-refractivity contribution in [3.05, 3.63) is 72.3 Å². The number of alkyl halides is 6. The number of nitrogens with zero attached hydrogens (tertiary/aromatic N) is 6. The normalized spacial score (nSPS) is 12.3. The zero-order valence-corrected chi connectivity index (χ0v) is 15.9. The van der Waals surface area contributed by atoms with Crippen molar-refractivity contribution in [1.29, 1.82) is 0 Å². The maximum atomic E-state index is 12.8. The van der Waals surface area contributed by atoms with Crippen LogP contribution in [0, 0.1) is 0 Å². The minimum atomic E-state index is -4.57. The van der Waals surface area contributed by atoms with Crippen LogP contribution in [0.1, 0.15) is 11.4 Å². The van der Waals surface area contributed by atoms with Crippen molar-refractivity contribution in [3.63, 3.8) is 0 Å². The Bertz CT molecular complexity index is 1120. The van der Waals surface area contributed by atoms with Gasteiger partial charge in [-0.25, -0.2) is 19.3 Å². The van der Waals surface area contributed by atoms with Crippen molar-refractivity contribution in [2.24, 2.45) is 0 Å². The van der Waals surface area contributed by atoms with Gasteiger partial charge in [0.25, 0.3) is 0 Å². The van der Waals surface area contributed by atoms with E-state index < -0.39 is 23.7 Å². The Balaban J connectivity index is 1.56. The lowest BCUT2D eigenvalue weighted by Crippen LogP contribution is -2.08. The lowest BCUT2D eigenvalue weighted by molar-refractivity contribution is -0.142. The summed E-state index contributed by atoms with van der Waals surface area (Å²) < 4.78 is 78.5. The molecule has 0 spiro atoms. The van der Waals surface area contributed by atoms with Crippen LogP contribution in [0.2, 0.25) is 0 Å². The van der Waals surface area contributed by atoms with Crippen LogP contribution >= 0.6 is 11.8 Å². The SMILES string of the molecule is FC(F)(F)c1ccn(-c2cccc(Sc3cccc(-n4ccc(C(F)(F)F)n4)n3)n2)n1. The highest BCUT2D eigenvalue weighted by atomic mass is 32.2. The van der Waals surface area contributed by atoms with Crippen LogP contribution in [-0.2, 0) is 12.4 Å². The molecule has 0 bridgehead atoms. The van der Waals surface area contributed by atoms with E-state index in [1.807, 2.05) is 0 Å². The van der Waals surface area contributed by atoms with E-state index >= 15 is 0 Å². The quantitative estimate of drug-likeness (QED) is 0.403. The Morgan fingerprint density at radius 3 is 1.39 bits per heavy atom. The number of rotatable bonds is 4. The fourth-order valence-electron chi connectivity index (χ4n) is 2.49. The van der Waals surface area contributed by atoms with Crippen molar-refractivity contribution in [1.82, 2.24) is 29.5 Å². The smallest absolute Gasteiger partial charge is 0.222 e. The fraction of sp³-hybridized carbons (Fsp3) is 0.111. The largest absolute Gasteiger partial charge is 0.435 e. The second kappa shape index (κ2) is 7.72. The third-order valence-corrected chi connectivity index (χ3v) is 4.73. The molecule has 6 nitrogen and oxygen atoms in total. The lowest BCUT2D eigenvalue weighted by Gasteiger charge is -2.06. The molecule has 0 aliphatic carbocycles. The number of hydrogen-bond acceptors (Lipinski definition) is 5. The van der Waals surface area contributed by atoms with Crippen molar-refractivity contribution >= 4 is 11.8 Å². The van der Waals surface area contributed by atoms with Crippen LogP contribution in [0.15, 0.2) is 71.0 Å². The van der Waals surface area contributed by atoms with Gasteiger partial charge in [0.05, 0.1) is 0 Å². The van der Waals surface area contributed by atoms with Crippen molar-refractivity contribution in [3.8, 4) is 11.6 Å². The summed E-state index contributed by atoms with van der Waals surface area (Å²) in [5.41, 5.74) is -2.08. The van der Waals surface area contributed by atoms with Gasteiger partial charge < -0.3 is 0 Å². The van der Waals surface area contributed by atoms with Crippen LogP contribution in [0.25, 0.3) is 11.6 Å². The first-order chi connectivity index (χ1) is 14.6. The van der Waals surface area contributed by atoms with Gasteiger partial charge in [-0.1, -0.05) is 12.1 Å². The highest BCUT2D eigenvalue weighted by Crippen LogP contribution is 2.30. The average Bonchev–Trinajstić information content (AvgIpc) is 3.38. The molecule has 0 amide bonds. The van der Waals surface area contributed by atoms with E-state index in [0.29, 0.717) is 10.1 Å². The van der Waals surface area contributed by atoms with Gasteiger partial charge in [0, 0.05) is 12.4 Å². The van der Waals surface area contributed by atoms with Crippen LogP contribution < -0.4 is 0 Å². The maximum Gasteiger partial charge on any atom is 0.435 e. The molecule has 0 aliphatic rings. The Morgan fingerprint density at radius 2 is 1.03 bits per heavy atom. The molecule has 0 saturated carbocycles. The number of hydrogen-bond donors (Lipinski definition) is 0. The molecule has 0 radical (unpaired) electrons. The minimum Gasteiger partial charge on any atom is -0.222 e. The summed E-state index contributed by atoms with van der Waals surface area (Å²) in [5.74, 6) is 0.331. The molecule has 0 N–H and O–H groups in total. The molecule has 160 valence electrons. The third kappa shape index (κ3) is 4.71. The summed E-state index contributed by atoms with van der Waals surface area (Å²) in [7, 11) is 0.